The molecule has 27 heavy (non-hydrogen) atoms. The number of nitrogens with one attached hydrogen (secondary N) is 1. The summed E-state index contributed by atoms with van der Waals surface area (Å²) in [7, 11) is 0. The van der Waals surface area contributed by atoms with Gasteiger partial charge < -0.3 is 10.1 Å². The van der Waals surface area contributed by atoms with Crippen molar-refractivity contribution in [3.8, 4) is 5.75 Å². The van der Waals surface area contributed by atoms with E-state index in [0.29, 0.717) is 6.54 Å². The molecule has 0 heterocycles. The van der Waals surface area contributed by atoms with Crippen LogP contribution in [0.25, 0.3) is 0 Å². The molecular weight excluding hydrogens is 366 g/mol. The van der Waals surface area contributed by atoms with Gasteiger partial charge in [-0.25, -0.2) is 8.78 Å². The maximum absolute atomic E-state index is 13.4. The molecule has 1 amide bonds. The van der Waals surface area contributed by atoms with Crippen molar-refractivity contribution >= 4 is 11.9 Å². The predicted molar refractivity (Wildman–Crippen MR) is 92.1 cm³/mol. The minimum atomic E-state index is -1.78. The summed E-state index contributed by atoms with van der Waals surface area (Å²) in [6.45, 7) is 6.94. The number of hydrogen-bond acceptors (Lipinski definition) is 3. The highest BCUT2D eigenvalue weighted by Crippen LogP contribution is 2.27. The SMILES string of the molecule is CC(C)(C)CCCCNC(=O)CCCC(=O)Oc1c(F)c(F)cc(F)c1F. The normalized spacial score (nSPS) is 11.4. The zero-order valence-electron chi connectivity index (χ0n) is 15.8. The lowest BCUT2D eigenvalue weighted by Gasteiger charge is -2.17. The van der Waals surface area contributed by atoms with Crippen LogP contribution in [0.5, 0.6) is 5.75 Å². The summed E-state index contributed by atoms with van der Waals surface area (Å²) in [5.74, 6) is -9.65. The molecule has 1 N–H and O–H groups in total. The number of amides is 1. The molecule has 0 fully saturated rings. The minimum absolute atomic E-state index is 0.0217. The van der Waals surface area contributed by atoms with E-state index in [0.717, 1.165) is 19.3 Å². The van der Waals surface area contributed by atoms with Crippen LogP contribution in [0, 0.1) is 28.7 Å². The molecule has 0 radical (unpaired) electrons. The first kappa shape index (κ1) is 22.9. The van der Waals surface area contributed by atoms with Crippen molar-refractivity contribution < 1.29 is 31.9 Å². The second-order valence-corrected chi connectivity index (χ2v) is 7.49. The summed E-state index contributed by atoms with van der Waals surface area (Å²) in [6, 6.07) is 0.0217. The molecule has 0 saturated carbocycles. The fraction of sp³-hybridized carbons (Fsp3) is 0.579. The van der Waals surface area contributed by atoms with Gasteiger partial charge in [-0.1, -0.05) is 27.2 Å². The molecular formula is C19H25F4NO3. The summed E-state index contributed by atoms with van der Waals surface area (Å²) in [5, 5.41) is 2.72. The Morgan fingerprint density at radius 1 is 0.963 bits per heavy atom. The van der Waals surface area contributed by atoms with Crippen LogP contribution in [-0.4, -0.2) is 18.4 Å². The maximum Gasteiger partial charge on any atom is 0.311 e. The van der Waals surface area contributed by atoms with Gasteiger partial charge in [0.1, 0.15) is 0 Å². The summed E-state index contributed by atoms with van der Waals surface area (Å²) < 4.78 is 57.3. The van der Waals surface area contributed by atoms with Crippen molar-refractivity contribution in [2.24, 2.45) is 5.41 Å². The van der Waals surface area contributed by atoms with Crippen molar-refractivity contribution in [1.29, 1.82) is 0 Å². The first-order valence-electron chi connectivity index (χ1n) is 8.81. The van der Waals surface area contributed by atoms with Gasteiger partial charge in [0, 0.05) is 25.5 Å². The maximum atomic E-state index is 13.4. The molecule has 4 nitrogen and oxygen atoms in total. The third kappa shape index (κ3) is 8.41. The van der Waals surface area contributed by atoms with Gasteiger partial charge in [-0.05, 0) is 24.7 Å². The summed E-state index contributed by atoms with van der Waals surface area (Å²) in [5.41, 5.74) is 0.244. The van der Waals surface area contributed by atoms with Crippen molar-refractivity contribution in [3.05, 3.63) is 29.3 Å². The smallest absolute Gasteiger partial charge is 0.311 e. The van der Waals surface area contributed by atoms with Crippen molar-refractivity contribution in [2.45, 2.75) is 59.3 Å². The minimum Gasteiger partial charge on any atom is -0.420 e. The van der Waals surface area contributed by atoms with Gasteiger partial charge in [0.15, 0.2) is 11.6 Å². The van der Waals surface area contributed by atoms with E-state index in [4.69, 9.17) is 0 Å². The second-order valence-electron chi connectivity index (χ2n) is 7.49. The van der Waals surface area contributed by atoms with Gasteiger partial charge >= 0.3 is 5.97 Å². The quantitative estimate of drug-likeness (QED) is 0.219. The van der Waals surface area contributed by atoms with E-state index in [1.54, 1.807) is 0 Å². The Morgan fingerprint density at radius 2 is 1.56 bits per heavy atom. The monoisotopic (exact) mass is 391 g/mol. The Kier molecular flexibility index (Phi) is 8.72. The number of halogens is 4. The van der Waals surface area contributed by atoms with E-state index in [2.05, 4.69) is 30.8 Å². The third-order valence-electron chi connectivity index (χ3n) is 3.75. The van der Waals surface area contributed by atoms with Crippen LogP contribution in [-0.2, 0) is 9.59 Å². The molecule has 8 heteroatoms. The van der Waals surface area contributed by atoms with Crippen LogP contribution in [0.1, 0.15) is 59.3 Å². The Labute approximate surface area is 156 Å². The van der Waals surface area contributed by atoms with Crippen LogP contribution >= 0.6 is 0 Å². The highest BCUT2D eigenvalue weighted by Gasteiger charge is 2.23. The highest BCUT2D eigenvalue weighted by molar-refractivity contribution is 5.77. The molecule has 152 valence electrons. The number of rotatable bonds is 9. The van der Waals surface area contributed by atoms with E-state index >= 15 is 0 Å². The number of benzene rings is 1. The third-order valence-corrected chi connectivity index (χ3v) is 3.75. The zero-order valence-corrected chi connectivity index (χ0v) is 15.8. The first-order chi connectivity index (χ1) is 12.5. The van der Waals surface area contributed by atoms with Gasteiger partial charge in [0.2, 0.25) is 23.3 Å². The number of hydrogen-bond donors (Lipinski definition) is 1. The lowest BCUT2D eigenvalue weighted by atomic mass is 9.90. The molecule has 0 unspecified atom stereocenters. The lowest BCUT2D eigenvalue weighted by Crippen LogP contribution is -2.24. The molecule has 0 saturated heterocycles. The average molecular weight is 391 g/mol. The topological polar surface area (TPSA) is 55.4 Å². The number of esters is 1. The zero-order chi connectivity index (χ0) is 20.6. The van der Waals surface area contributed by atoms with Crippen LogP contribution < -0.4 is 10.1 Å². The Balaban J connectivity index is 2.31. The molecule has 0 aliphatic rings. The summed E-state index contributed by atoms with van der Waals surface area (Å²) in [6.07, 6.45) is 2.65. The van der Waals surface area contributed by atoms with E-state index in [1.165, 1.54) is 0 Å². The van der Waals surface area contributed by atoms with Crippen LogP contribution in [0.4, 0.5) is 17.6 Å². The van der Waals surface area contributed by atoms with E-state index in [9.17, 15) is 27.2 Å². The number of ether oxygens (including phenoxy) is 1. The number of unbranched alkanes of at least 4 members (excludes halogenated alkanes) is 1. The number of carbonyl (C=O) groups is 2. The molecule has 1 rings (SSSR count). The molecule has 0 aromatic heterocycles. The van der Waals surface area contributed by atoms with Crippen molar-refractivity contribution in [2.75, 3.05) is 6.54 Å². The molecule has 0 atom stereocenters. The summed E-state index contributed by atoms with van der Waals surface area (Å²) >= 11 is 0. The lowest BCUT2D eigenvalue weighted by molar-refractivity contribution is -0.135. The van der Waals surface area contributed by atoms with Crippen LogP contribution in [0.15, 0.2) is 6.07 Å². The predicted octanol–water partition coefficient (Wildman–Crippen LogP) is 4.65. The van der Waals surface area contributed by atoms with Gasteiger partial charge in [-0.15, -0.1) is 0 Å². The molecule has 0 aliphatic heterocycles. The standard InChI is InChI=1S/C19H25F4NO3/c1-19(2,3)9-4-5-10-24-14(25)7-6-8-15(26)27-18-16(22)12(20)11-13(21)17(18)23/h11H,4-10H2,1-3H3,(H,24,25). The van der Waals surface area contributed by atoms with Gasteiger partial charge in [0.25, 0.3) is 0 Å². The molecule has 1 aromatic rings. The molecule has 1 aromatic carbocycles. The fourth-order valence-corrected chi connectivity index (χ4v) is 2.30. The summed E-state index contributed by atoms with van der Waals surface area (Å²) in [4.78, 5) is 23.2. The van der Waals surface area contributed by atoms with Gasteiger partial charge in [-0.2, -0.15) is 8.78 Å². The van der Waals surface area contributed by atoms with Crippen LogP contribution in [0.3, 0.4) is 0 Å². The van der Waals surface area contributed by atoms with Gasteiger partial charge in [0.05, 0.1) is 0 Å². The van der Waals surface area contributed by atoms with Gasteiger partial charge in [-0.3, -0.25) is 9.59 Å². The highest BCUT2D eigenvalue weighted by atomic mass is 19.2. The Hall–Kier alpha value is -2.12. The first-order valence-corrected chi connectivity index (χ1v) is 8.81. The van der Waals surface area contributed by atoms with Crippen molar-refractivity contribution in [1.82, 2.24) is 5.32 Å². The Bertz CT molecular complexity index is 646. The van der Waals surface area contributed by atoms with Crippen molar-refractivity contribution in [3.63, 3.8) is 0 Å². The molecule has 0 aliphatic carbocycles. The average Bonchev–Trinajstić information content (AvgIpc) is 2.55. The molecule has 0 spiro atoms. The second kappa shape index (κ2) is 10.3. The van der Waals surface area contributed by atoms with E-state index in [1.807, 2.05) is 0 Å². The number of carbonyl (C=O) groups excluding carboxylic acids is 2. The largest absolute Gasteiger partial charge is 0.420 e. The molecule has 0 bridgehead atoms. The van der Waals surface area contributed by atoms with E-state index < -0.39 is 35.0 Å². The fourth-order valence-electron chi connectivity index (χ4n) is 2.30. The van der Waals surface area contributed by atoms with E-state index in [-0.39, 0.29) is 36.7 Å². The Morgan fingerprint density at radius 3 is 2.11 bits per heavy atom. The van der Waals surface area contributed by atoms with Crippen LogP contribution in [0.2, 0.25) is 0 Å².